The fraction of sp³-hybridized carbons (Fsp3) is 0.353. The minimum atomic E-state index is -3.79. The van der Waals surface area contributed by atoms with E-state index in [0.717, 1.165) is 10.8 Å². The first-order chi connectivity index (χ1) is 11.3. The van der Waals surface area contributed by atoms with Crippen LogP contribution >= 0.6 is 0 Å². The third-order valence-corrected chi connectivity index (χ3v) is 5.10. The van der Waals surface area contributed by atoms with E-state index in [2.05, 4.69) is 10.0 Å². The minimum Gasteiger partial charge on any atom is -0.383 e. The summed E-state index contributed by atoms with van der Waals surface area (Å²) in [5, 5.41) is 4.47. The van der Waals surface area contributed by atoms with Gasteiger partial charge in [0, 0.05) is 13.2 Å². The van der Waals surface area contributed by atoms with Gasteiger partial charge >= 0.3 is 0 Å². The summed E-state index contributed by atoms with van der Waals surface area (Å²) < 4.78 is 32.3. The van der Waals surface area contributed by atoms with E-state index in [9.17, 15) is 13.2 Å². The first kappa shape index (κ1) is 18.4. The van der Waals surface area contributed by atoms with Gasteiger partial charge in [0.25, 0.3) is 0 Å². The van der Waals surface area contributed by atoms with E-state index in [1.54, 1.807) is 19.1 Å². The van der Waals surface area contributed by atoms with Crippen LogP contribution in [0.5, 0.6) is 0 Å². The summed E-state index contributed by atoms with van der Waals surface area (Å²) in [6.07, 6.45) is 0. The van der Waals surface area contributed by atoms with Crippen molar-refractivity contribution in [1.29, 1.82) is 0 Å². The number of methoxy groups -OCH3 is 1. The Morgan fingerprint density at radius 2 is 1.79 bits per heavy atom. The molecule has 1 amide bonds. The highest BCUT2D eigenvalue weighted by molar-refractivity contribution is 7.89. The molecule has 0 bridgehead atoms. The van der Waals surface area contributed by atoms with Gasteiger partial charge < -0.3 is 10.1 Å². The number of rotatable bonds is 7. The highest BCUT2D eigenvalue weighted by atomic mass is 32.2. The minimum absolute atomic E-state index is 0.130. The maximum Gasteiger partial charge on any atom is 0.241 e. The summed E-state index contributed by atoms with van der Waals surface area (Å²) in [6, 6.07) is 11.3. The largest absolute Gasteiger partial charge is 0.383 e. The predicted octanol–water partition coefficient (Wildman–Crippen LogP) is 1.66. The molecule has 0 saturated carbocycles. The number of carbonyl (C=O) groups is 1. The number of carbonyl (C=O) groups excluding carboxylic acids is 1. The molecule has 0 saturated heterocycles. The lowest BCUT2D eigenvalue weighted by molar-refractivity contribution is -0.123. The molecule has 2 N–H and O–H groups in total. The smallest absolute Gasteiger partial charge is 0.241 e. The Hall–Kier alpha value is -1.96. The van der Waals surface area contributed by atoms with Crippen molar-refractivity contribution in [2.75, 3.05) is 13.7 Å². The molecule has 0 unspecified atom stereocenters. The molecule has 0 fully saturated rings. The van der Waals surface area contributed by atoms with Gasteiger partial charge in [0.05, 0.1) is 17.5 Å². The van der Waals surface area contributed by atoms with E-state index >= 15 is 0 Å². The Morgan fingerprint density at radius 3 is 2.46 bits per heavy atom. The Bertz CT molecular complexity index is 820. The fourth-order valence-corrected chi connectivity index (χ4v) is 3.59. The van der Waals surface area contributed by atoms with Gasteiger partial charge in [-0.15, -0.1) is 0 Å². The zero-order valence-electron chi connectivity index (χ0n) is 13.9. The van der Waals surface area contributed by atoms with E-state index in [4.69, 9.17) is 4.74 Å². The van der Waals surface area contributed by atoms with Crippen molar-refractivity contribution in [2.45, 2.75) is 30.8 Å². The van der Waals surface area contributed by atoms with E-state index < -0.39 is 22.0 Å². The average Bonchev–Trinajstić information content (AvgIpc) is 2.54. The van der Waals surface area contributed by atoms with Gasteiger partial charge in [-0.1, -0.05) is 30.3 Å². The van der Waals surface area contributed by atoms with Crippen LogP contribution in [0.25, 0.3) is 10.8 Å². The third-order valence-electron chi connectivity index (χ3n) is 3.56. The van der Waals surface area contributed by atoms with Gasteiger partial charge in [-0.05, 0) is 36.8 Å². The summed E-state index contributed by atoms with van der Waals surface area (Å²) in [5.74, 6) is -0.399. The third kappa shape index (κ3) is 4.53. The van der Waals surface area contributed by atoms with E-state index in [0.29, 0.717) is 6.61 Å². The lowest BCUT2D eigenvalue weighted by atomic mass is 10.1. The SMILES string of the molecule is COC[C@H](C)NC(=O)[C@H](C)NS(=O)(=O)c1ccc2ccccc2c1. The molecule has 130 valence electrons. The average molecular weight is 350 g/mol. The van der Waals surface area contributed by atoms with Gasteiger partial charge in [-0.3, -0.25) is 4.79 Å². The van der Waals surface area contributed by atoms with Crippen LogP contribution in [0.15, 0.2) is 47.4 Å². The van der Waals surface area contributed by atoms with Crippen molar-refractivity contribution in [3.8, 4) is 0 Å². The quantitative estimate of drug-likeness (QED) is 0.795. The van der Waals surface area contributed by atoms with Gasteiger partial charge in [-0.2, -0.15) is 4.72 Å². The molecular formula is C17H22N2O4S. The lowest BCUT2D eigenvalue weighted by Gasteiger charge is -2.18. The molecule has 0 aliphatic carbocycles. The number of amides is 1. The molecule has 0 spiro atoms. The van der Waals surface area contributed by atoms with Crippen molar-refractivity contribution in [3.63, 3.8) is 0 Å². The number of sulfonamides is 1. The van der Waals surface area contributed by atoms with Crippen LogP contribution in [0.1, 0.15) is 13.8 Å². The van der Waals surface area contributed by atoms with Gasteiger partial charge in [0.1, 0.15) is 0 Å². The van der Waals surface area contributed by atoms with Gasteiger partial charge in [-0.25, -0.2) is 8.42 Å². The van der Waals surface area contributed by atoms with Crippen molar-refractivity contribution >= 4 is 26.7 Å². The van der Waals surface area contributed by atoms with Crippen molar-refractivity contribution in [2.24, 2.45) is 0 Å². The van der Waals surface area contributed by atoms with E-state index in [1.807, 2.05) is 24.3 Å². The van der Waals surface area contributed by atoms with Crippen molar-refractivity contribution in [3.05, 3.63) is 42.5 Å². The van der Waals surface area contributed by atoms with Crippen LogP contribution in [0.3, 0.4) is 0 Å². The van der Waals surface area contributed by atoms with Crippen LogP contribution < -0.4 is 10.0 Å². The molecule has 0 aliphatic rings. The second-order valence-corrected chi connectivity index (χ2v) is 7.43. The zero-order chi connectivity index (χ0) is 17.7. The standard InChI is InChI=1S/C17H22N2O4S/c1-12(11-23-3)18-17(20)13(2)19-24(21,22)16-9-8-14-6-4-5-7-15(14)10-16/h4-10,12-13,19H,11H2,1-3H3,(H,18,20)/t12-,13-/m0/s1. The van der Waals surface area contributed by atoms with Gasteiger partial charge in [0.2, 0.25) is 15.9 Å². The molecular weight excluding hydrogens is 328 g/mol. The molecule has 2 rings (SSSR count). The molecule has 7 heteroatoms. The highest BCUT2D eigenvalue weighted by Gasteiger charge is 2.23. The Kier molecular flexibility index (Phi) is 5.93. The highest BCUT2D eigenvalue weighted by Crippen LogP contribution is 2.19. The molecule has 6 nitrogen and oxygen atoms in total. The second kappa shape index (κ2) is 7.74. The van der Waals surface area contributed by atoms with Crippen molar-refractivity contribution in [1.82, 2.24) is 10.0 Å². The number of hydrogen-bond donors (Lipinski definition) is 2. The van der Waals surface area contributed by atoms with Crippen molar-refractivity contribution < 1.29 is 17.9 Å². The molecule has 2 atom stereocenters. The number of hydrogen-bond acceptors (Lipinski definition) is 4. The van der Waals surface area contributed by atoms with Crippen LogP contribution in [-0.4, -0.2) is 40.1 Å². The molecule has 0 aromatic heterocycles. The Morgan fingerprint density at radius 1 is 1.12 bits per heavy atom. The Balaban J connectivity index is 2.12. The van der Waals surface area contributed by atoms with Crippen LogP contribution in [0.2, 0.25) is 0 Å². The van der Waals surface area contributed by atoms with Crippen LogP contribution in [0.4, 0.5) is 0 Å². The summed E-state index contributed by atoms with van der Waals surface area (Å²) in [4.78, 5) is 12.2. The monoisotopic (exact) mass is 350 g/mol. The normalized spacial score (nSPS) is 14.3. The first-order valence-electron chi connectivity index (χ1n) is 7.64. The Labute approximate surface area is 142 Å². The molecule has 0 aliphatic heterocycles. The summed E-state index contributed by atoms with van der Waals surface area (Å²) in [5.41, 5.74) is 0. The molecule has 2 aromatic carbocycles. The molecule has 24 heavy (non-hydrogen) atoms. The fourth-order valence-electron chi connectivity index (χ4n) is 2.35. The summed E-state index contributed by atoms with van der Waals surface area (Å²) >= 11 is 0. The number of ether oxygens (including phenoxy) is 1. The van der Waals surface area contributed by atoms with E-state index in [1.165, 1.54) is 20.1 Å². The van der Waals surface area contributed by atoms with E-state index in [-0.39, 0.29) is 10.9 Å². The molecule has 2 aromatic rings. The van der Waals surface area contributed by atoms with Gasteiger partial charge in [0.15, 0.2) is 0 Å². The summed E-state index contributed by atoms with van der Waals surface area (Å²) in [6.45, 7) is 3.65. The number of benzene rings is 2. The first-order valence-corrected chi connectivity index (χ1v) is 9.12. The molecule has 0 radical (unpaired) electrons. The van der Waals surface area contributed by atoms with Crippen LogP contribution in [-0.2, 0) is 19.6 Å². The van der Waals surface area contributed by atoms with Crippen LogP contribution in [0, 0.1) is 0 Å². The zero-order valence-corrected chi connectivity index (χ0v) is 14.8. The summed E-state index contributed by atoms with van der Waals surface area (Å²) in [7, 11) is -2.25. The topological polar surface area (TPSA) is 84.5 Å². The number of nitrogens with one attached hydrogen (secondary N) is 2. The predicted molar refractivity (Wildman–Crippen MR) is 93.2 cm³/mol. The maximum absolute atomic E-state index is 12.5. The molecule has 0 heterocycles. The second-order valence-electron chi connectivity index (χ2n) is 5.72. The lowest BCUT2D eigenvalue weighted by Crippen LogP contribution is -2.48. The number of fused-ring (bicyclic) bond motifs is 1. The maximum atomic E-state index is 12.5.